The van der Waals surface area contributed by atoms with E-state index in [2.05, 4.69) is 44.9 Å². The first kappa shape index (κ1) is 25.0. The van der Waals surface area contributed by atoms with Crippen LogP contribution in [0.4, 0.5) is 19.5 Å². The maximum atomic E-state index is 13.6. The molecule has 32 heavy (non-hydrogen) atoms. The lowest BCUT2D eigenvalue weighted by atomic mass is 10.1. The number of piperidine rings is 1. The number of aliphatic imine (C=N–C) groups is 1. The standard InChI is InChI=1S/C23H31F2N5S.HI/c1-2-26-23(28-18-8-11-29(12-9-18)22-4-3-13-31-22)27-15-17-7-10-30(16-17)19-5-6-20(24)21(25)14-19;/h3-6,13-14,17-18H,2,7-12,15-16H2,1H3,(H2,26,27,28);1H. The molecule has 2 N–H and O–H groups in total. The molecule has 1 aromatic carbocycles. The molecule has 1 aromatic heterocycles. The van der Waals surface area contributed by atoms with Gasteiger partial charge in [0.25, 0.3) is 0 Å². The molecule has 0 aliphatic carbocycles. The van der Waals surface area contributed by atoms with E-state index in [1.165, 1.54) is 17.1 Å². The monoisotopic (exact) mass is 575 g/mol. The Kier molecular flexibility index (Phi) is 9.39. The molecule has 2 aliphatic heterocycles. The van der Waals surface area contributed by atoms with Gasteiger partial charge in [0, 0.05) is 57.1 Å². The van der Waals surface area contributed by atoms with Gasteiger partial charge in [-0.05, 0) is 61.7 Å². The van der Waals surface area contributed by atoms with E-state index < -0.39 is 11.6 Å². The van der Waals surface area contributed by atoms with E-state index >= 15 is 0 Å². The lowest BCUT2D eigenvalue weighted by molar-refractivity contribution is 0.462. The SMILES string of the molecule is CCNC(=NCC1CCN(c2ccc(F)c(F)c2)C1)NC1CCN(c2cccs2)CC1.I. The van der Waals surface area contributed by atoms with Crippen LogP contribution in [0.3, 0.4) is 0 Å². The number of thiophene rings is 1. The van der Waals surface area contributed by atoms with Gasteiger partial charge in [0.2, 0.25) is 0 Å². The number of nitrogens with one attached hydrogen (secondary N) is 2. The van der Waals surface area contributed by atoms with Gasteiger partial charge in [-0.15, -0.1) is 35.3 Å². The number of hydrogen-bond acceptors (Lipinski definition) is 4. The Hall–Kier alpha value is -1.62. The van der Waals surface area contributed by atoms with Crippen molar-refractivity contribution in [3.8, 4) is 0 Å². The Morgan fingerprint density at radius 1 is 1.09 bits per heavy atom. The second-order valence-corrected chi connectivity index (χ2v) is 9.20. The molecule has 2 aromatic rings. The molecular formula is C23H32F2IN5S. The molecule has 176 valence electrons. The van der Waals surface area contributed by atoms with Gasteiger partial charge in [-0.25, -0.2) is 8.78 Å². The van der Waals surface area contributed by atoms with Gasteiger partial charge < -0.3 is 20.4 Å². The lowest BCUT2D eigenvalue weighted by Gasteiger charge is -2.33. The highest BCUT2D eigenvalue weighted by Gasteiger charge is 2.24. The van der Waals surface area contributed by atoms with E-state index in [1.807, 2.05) is 0 Å². The zero-order valence-corrected chi connectivity index (χ0v) is 21.5. The van der Waals surface area contributed by atoms with Gasteiger partial charge in [0.05, 0.1) is 5.00 Å². The van der Waals surface area contributed by atoms with E-state index in [0.29, 0.717) is 12.0 Å². The summed E-state index contributed by atoms with van der Waals surface area (Å²) in [6.07, 6.45) is 3.19. The van der Waals surface area contributed by atoms with Crippen molar-refractivity contribution in [2.45, 2.75) is 32.2 Å². The topological polar surface area (TPSA) is 42.9 Å². The van der Waals surface area contributed by atoms with Crippen LogP contribution in [0.5, 0.6) is 0 Å². The van der Waals surface area contributed by atoms with Crippen LogP contribution in [0.2, 0.25) is 0 Å². The minimum Gasteiger partial charge on any atom is -0.371 e. The van der Waals surface area contributed by atoms with Crippen molar-refractivity contribution in [2.75, 3.05) is 49.1 Å². The summed E-state index contributed by atoms with van der Waals surface area (Å²) in [7, 11) is 0. The Bertz CT molecular complexity index is 871. The van der Waals surface area contributed by atoms with Crippen LogP contribution < -0.4 is 20.4 Å². The zero-order valence-electron chi connectivity index (χ0n) is 18.4. The Labute approximate surface area is 210 Å². The first-order chi connectivity index (χ1) is 15.1. The summed E-state index contributed by atoms with van der Waals surface area (Å²) in [6.45, 7) is 7.41. The van der Waals surface area contributed by atoms with Crippen molar-refractivity contribution in [3.63, 3.8) is 0 Å². The third kappa shape index (κ3) is 6.46. The van der Waals surface area contributed by atoms with E-state index in [4.69, 9.17) is 4.99 Å². The lowest BCUT2D eigenvalue weighted by Crippen LogP contribution is -2.48. The van der Waals surface area contributed by atoms with Crippen LogP contribution in [-0.4, -0.2) is 51.3 Å². The highest BCUT2D eigenvalue weighted by Crippen LogP contribution is 2.26. The first-order valence-electron chi connectivity index (χ1n) is 11.2. The number of nitrogens with zero attached hydrogens (tertiary/aromatic N) is 3. The average Bonchev–Trinajstić information content (AvgIpc) is 3.47. The first-order valence-corrected chi connectivity index (χ1v) is 12.0. The quantitative estimate of drug-likeness (QED) is 0.298. The summed E-state index contributed by atoms with van der Waals surface area (Å²) < 4.78 is 26.8. The van der Waals surface area contributed by atoms with Crippen molar-refractivity contribution < 1.29 is 8.78 Å². The number of rotatable bonds is 6. The van der Waals surface area contributed by atoms with E-state index in [9.17, 15) is 8.78 Å². The van der Waals surface area contributed by atoms with Crippen molar-refractivity contribution >= 4 is 52.0 Å². The molecule has 2 saturated heterocycles. The van der Waals surface area contributed by atoms with Crippen LogP contribution in [0.1, 0.15) is 26.2 Å². The average molecular weight is 576 g/mol. The van der Waals surface area contributed by atoms with E-state index in [0.717, 1.165) is 70.2 Å². The van der Waals surface area contributed by atoms with E-state index in [1.54, 1.807) is 17.4 Å². The third-order valence-corrected chi connectivity index (χ3v) is 6.99. The maximum absolute atomic E-state index is 13.6. The number of hydrogen-bond donors (Lipinski definition) is 2. The van der Waals surface area contributed by atoms with Crippen molar-refractivity contribution in [3.05, 3.63) is 47.3 Å². The highest BCUT2D eigenvalue weighted by molar-refractivity contribution is 14.0. The predicted octanol–water partition coefficient (Wildman–Crippen LogP) is 4.69. The number of benzene rings is 1. The van der Waals surface area contributed by atoms with Gasteiger partial charge in [0.15, 0.2) is 17.6 Å². The zero-order chi connectivity index (χ0) is 21.6. The van der Waals surface area contributed by atoms with Crippen LogP contribution in [-0.2, 0) is 0 Å². The van der Waals surface area contributed by atoms with Gasteiger partial charge in [-0.2, -0.15) is 0 Å². The van der Waals surface area contributed by atoms with Crippen molar-refractivity contribution in [2.24, 2.45) is 10.9 Å². The molecular weight excluding hydrogens is 543 g/mol. The summed E-state index contributed by atoms with van der Waals surface area (Å²) in [4.78, 5) is 9.41. The molecule has 3 heterocycles. The summed E-state index contributed by atoms with van der Waals surface area (Å²) in [6, 6.07) is 8.86. The predicted molar refractivity (Wildman–Crippen MR) is 141 cm³/mol. The summed E-state index contributed by atoms with van der Waals surface area (Å²) in [5.41, 5.74) is 0.743. The number of anilines is 2. The maximum Gasteiger partial charge on any atom is 0.191 e. The van der Waals surface area contributed by atoms with Crippen molar-refractivity contribution in [1.29, 1.82) is 0 Å². The minimum atomic E-state index is -0.799. The van der Waals surface area contributed by atoms with Crippen LogP contribution in [0, 0.1) is 17.6 Å². The Morgan fingerprint density at radius 3 is 2.56 bits per heavy atom. The fraction of sp³-hybridized carbons (Fsp3) is 0.522. The van der Waals surface area contributed by atoms with Crippen molar-refractivity contribution in [1.82, 2.24) is 10.6 Å². The molecule has 9 heteroatoms. The molecule has 0 bridgehead atoms. The third-order valence-electron chi connectivity index (χ3n) is 6.06. The molecule has 0 radical (unpaired) electrons. The molecule has 2 fully saturated rings. The van der Waals surface area contributed by atoms with Gasteiger partial charge in [-0.3, -0.25) is 4.99 Å². The van der Waals surface area contributed by atoms with E-state index in [-0.39, 0.29) is 24.0 Å². The summed E-state index contributed by atoms with van der Waals surface area (Å²) >= 11 is 1.80. The number of halogens is 3. The van der Waals surface area contributed by atoms with Gasteiger partial charge >= 0.3 is 0 Å². The van der Waals surface area contributed by atoms with Crippen LogP contribution >= 0.6 is 35.3 Å². The molecule has 1 unspecified atom stereocenters. The van der Waals surface area contributed by atoms with Crippen LogP contribution in [0.25, 0.3) is 0 Å². The molecule has 0 spiro atoms. The fourth-order valence-corrected chi connectivity index (χ4v) is 5.11. The summed E-state index contributed by atoms with van der Waals surface area (Å²) in [5, 5.41) is 10.5. The second kappa shape index (κ2) is 12.0. The largest absolute Gasteiger partial charge is 0.371 e. The molecule has 0 saturated carbocycles. The number of guanidine groups is 1. The molecule has 4 rings (SSSR count). The van der Waals surface area contributed by atoms with Gasteiger partial charge in [0.1, 0.15) is 0 Å². The molecule has 2 aliphatic rings. The fourth-order valence-electron chi connectivity index (χ4n) is 4.33. The second-order valence-electron chi connectivity index (χ2n) is 8.28. The Morgan fingerprint density at radius 2 is 1.88 bits per heavy atom. The molecule has 0 amide bonds. The Balaban J connectivity index is 0.00000289. The molecule has 1 atom stereocenters. The minimum absolute atomic E-state index is 0. The normalized spacial score (nSPS) is 19.7. The smallest absolute Gasteiger partial charge is 0.191 e. The summed E-state index contributed by atoms with van der Waals surface area (Å²) in [5.74, 6) is -0.304. The van der Waals surface area contributed by atoms with Gasteiger partial charge in [-0.1, -0.05) is 0 Å². The van der Waals surface area contributed by atoms with Crippen LogP contribution in [0.15, 0.2) is 40.7 Å². The highest BCUT2D eigenvalue weighted by atomic mass is 127. The molecule has 5 nitrogen and oxygen atoms in total.